The molecule has 0 saturated heterocycles. The van der Waals surface area contributed by atoms with Gasteiger partial charge in [0.05, 0.1) is 6.54 Å². The molecule has 0 aromatic heterocycles. The number of hydrogen-bond donors (Lipinski definition) is 1. The van der Waals surface area contributed by atoms with Crippen LogP contribution in [0.5, 0.6) is 5.75 Å². The minimum atomic E-state index is 0.112. The van der Waals surface area contributed by atoms with Crippen LogP contribution in [0.3, 0.4) is 0 Å². The summed E-state index contributed by atoms with van der Waals surface area (Å²) >= 11 is 0. The molecular weight excluding hydrogens is 226 g/mol. The molecule has 1 rings (SSSR count). The second-order valence-electron chi connectivity index (χ2n) is 4.63. The molecule has 0 fully saturated rings. The third-order valence-electron chi connectivity index (χ3n) is 2.65. The van der Waals surface area contributed by atoms with Crippen LogP contribution in [0.4, 0.5) is 0 Å². The Morgan fingerprint density at radius 3 is 2.50 bits per heavy atom. The standard InChI is InChI=1S/C15H23NO2/c1-4-5-6-15(17)16-7-8-18-14-10-12(2)9-13(3)11-14/h9-11H,4-8H2,1-3H3,(H,16,17). The van der Waals surface area contributed by atoms with E-state index in [1.807, 2.05) is 26.0 Å². The van der Waals surface area contributed by atoms with E-state index in [-0.39, 0.29) is 5.91 Å². The molecule has 1 aromatic rings. The molecule has 0 spiro atoms. The van der Waals surface area contributed by atoms with Crippen molar-refractivity contribution in [2.75, 3.05) is 13.2 Å². The Hall–Kier alpha value is -1.51. The van der Waals surface area contributed by atoms with Crippen LogP contribution < -0.4 is 10.1 Å². The molecule has 3 heteroatoms. The van der Waals surface area contributed by atoms with Crippen LogP contribution in [-0.2, 0) is 4.79 Å². The number of carbonyl (C=O) groups excluding carboxylic acids is 1. The lowest BCUT2D eigenvalue weighted by molar-refractivity contribution is -0.121. The van der Waals surface area contributed by atoms with Crippen molar-refractivity contribution in [3.63, 3.8) is 0 Å². The molecule has 3 nitrogen and oxygen atoms in total. The lowest BCUT2D eigenvalue weighted by atomic mass is 10.1. The van der Waals surface area contributed by atoms with Crippen LogP contribution in [-0.4, -0.2) is 19.1 Å². The maximum Gasteiger partial charge on any atom is 0.220 e. The molecular formula is C15H23NO2. The molecule has 0 saturated carbocycles. The van der Waals surface area contributed by atoms with Crippen molar-refractivity contribution in [1.82, 2.24) is 5.32 Å². The van der Waals surface area contributed by atoms with Gasteiger partial charge in [-0.2, -0.15) is 0 Å². The molecule has 0 aliphatic heterocycles. The molecule has 1 N–H and O–H groups in total. The van der Waals surface area contributed by atoms with Crippen molar-refractivity contribution in [3.8, 4) is 5.75 Å². The third-order valence-corrected chi connectivity index (χ3v) is 2.65. The van der Waals surface area contributed by atoms with E-state index in [9.17, 15) is 4.79 Å². The van der Waals surface area contributed by atoms with Crippen molar-refractivity contribution in [2.24, 2.45) is 0 Å². The summed E-state index contributed by atoms with van der Waals surface area (Å²) in [6.45, 7) is 7.26. The minimum absolute atomic E-state index is 0.112. The Kier molecular flexibility index (Phi) is 6.26. The zero-order valence-corrected chi connectivity index (χ0v) is 11.6. The zero-order chi connectivity index (χ0) is 13.4. The van der Waals surface area contributed by atoms with Gasteiger partial charge >= 0.3 is 0 Å². The van der Waals surface area contributed by atoms with Crippen LogP contribution in [0.1, 0.15) is 37.3 Å². The fourth-order valence-electron chi connectivity index (χ4n) is 1.80. The molecule has 1 amide bonds. The molecule has 0 aliphatic rings. The van der Waals surface area contributed by atoms with E-state index in [0.29, 0.717) is 19.6 Å². The topological polar surface area (TPSA) is 38.3 Å². The maximum atomic E-state index is 11.4. The summed E-state index contributed by atoms with van der Waals surface area (Å²) < 4.78 is 5.61. The van der Waals surface area contributed by atoms with Gasteiger partial charge < -0.3 is 10.1 Å². The van der Waals surface area contributed by atoms with Gasteiger partial charge in [0.15, 0.2) is 0 Å². The van der Waals surface area contributed by atoms with Crippen molar-refractivity contribution in [2.45, 2.75) is 40.0 Å². The first-order chi connectivity index (χ1) is 8.61. The first kappa shape index (κ1) is 14.6. The summed E-state index contributed by atoms with van der Waals surface area (Å²) in [7, 11) is 0. The second-order valence-corrected chi connectivity index (χ2v) is 4.63. The quantitative estimate of drug-likeness (QED) is 0.754. The Labute approximate surface area is 110 Å². The van der Waals surface area contributed by atoms with Gasteiger partial charge in [0.2, 0.25) is 5.91 Å². The number of hydrogen-bond acceptors (Lipinski definition) is 2. The fraction of sp³-hybridized carbons (Fsp3) is 0.533. The smallest absolute Gasteiger partial charge is 0.220 e. The first-order valence-electron chi connectivity index (χ1n) is 6.59. The molecule has 100 valence electrons. The van der Waals surface area contributed by atoms with Gasteiger partial charge in [-0.15, -0.1) is 0 Å². The van der Waals surface area contributed by atoms with E-state index in [1.165, 1.54) is 11.1 Å². The average Bonchev–Trinajstić information content (AvgIpc) is 2.31. The summed E-state index contributed by atoms with van der Waals surface area (Å²) in [5, 5.41) is 2.85. The minimum Gasteiger partial charge on any atom is -0.492 e. The molecule has 0 radical (unpaired) electrons. The molecule has 0 atom stereocenters. The molecule has 0 aliphatic carbocycles. The van der Waals surface area contributed by atoms with E-state index in [0.717, 1.165) is 18.6 Å². The number of rotatable bonds is 7. The molecule has 0 heterocycles. The normalized spacial score (nSPS) is 10.2. The van der Waals surface area contributed by atoms with Crippen molar-refractivity contribution in [1.29, 1.82) is 0 Å². The van der Waals surface area contributed by atoms with Gasteiger partial charge in [0.1, 0.15) is 12.4 Å². The lowest BCUT2D eigenvalue weighted by Crippen LogP contribution is -2.27. The monoisotopic (exact) mass is 249 g/mol. The van der Waals surface area contributed by atoms with Gasteiger partial charge in [0.25, 0.3) is 0 Å². The van der Waals surface area contributed by atoms with Crippen molar-refractivity contribution >= 4 is 5.91 Å². The predicted molar refractivity (Wildman–Crippen MR) is 73.9 cm³/mol. The number of ether oxygens (including phenoxy) is 1. The van der Waals surface area contributed by atoms with Crippen LogP contribution in [0.2, 0.25) is 0 Å². The number of unbranched alkanes of at least 4 members (excludes halogenated alkanes) is 1. The number of nitrogens with one attached hydrogen (secondary N) is 1. The van der Waals surface area contributed by atoms with Crippen LogP contribution in [0.25, 0.3) is 0 Å². The highest BCUT2D eigenvalue weighted by molar-refractivity contribution is 5.75. The van der Waals surface area contributed by atoms with Gasteiger partial charge in [-0.1, -0.05) is 19.4 Å². The fourth-order valence-corrected chi connectivity index (χ4v) is 1.80. The van der Waals surface area contributed by atoms with Crippen molar-refractivity contribution in [3.05, 3.63) is 29.3 Å². The summed E-state index contributed by atoms with van der Waals surface area (Å²) in [5.74, 6) is 0.983. The van der Waals surface area contributed by atoms with Gasteiger partial charge in [-0.05, 0) is 43.5 Å². The summed E-state index contributed by atoms with van der Waals surface area (Å²) in [6, 6.07) is 6.12. The highest BCUT2D eigenvalue weighted by Gasteiger charge is 2.00. The Morgan fingerprint density at radius 2 is 1.89 bits per heavy atom. The highest BCUT2D eigenvalue weighted by Crippen LogP contribution is 2.15. The van der Waals surface area contributed by atoms with Crippen LogP contribution in [0.15, 0.2) is 18.2 Å². The predicted octanol–water partition coefficient (Wildman–Crippen LogP) is 2.99. The second kappa shape index (κ2) is 7.75. The van der Waals surface area contributed by atoms with E-state index in [4.69, 9.17) is 4.74 Å². The SMILES string of the molecule is CCCCC(=O)NCCOc1cc(C)cc(C)c1. The van der Waals surface area contributed by atoms with E-state index in [2.05, 4.69) is 18.3 Å². The number of benzene rings is 1. The van der Waals surface area contributed by atoms with Crippen LogP contribution >= 0.6 is 0 Å². The van der Waals surface area contributed by atoms with Gasteiger partial charge in [-0.3, -0.25) is 4.79 Å². The molecule has 0 unspecified atom stereocenters. The average molecular weight is 249 g/mol. The number of aryl methyl sites for hydroxylation is 2. The van der Waals surface area contributed by atoms with E-state index in [1.54, 1.807) is 0 Å². The molecule has 18 heavy (non-hydrogen) atoms. The zero-order valence-electron chi connectivity index (χ0n) is 11.6. The van der Waals surface area contributed by atoms with Gasteiger partial charge in [-0.25, -0.2) is 0 Å². The highest BCUT2D eigenvalue weighted by atomic mass is 16.5. The number of carbonyl (C=O) groups is 1. The Bertz CT molecular complexity index is 368. The first-order valence-corrected chi connectivity index (χ1v) is 6.59. The Morgan fingerprint density at radius 1 is 1.22 bits per heavy atom. The van der Waals surface area contributed by atoms with Crippen LogP contribution in [0, 0.1) is 13.8 Å². The summed E-state index contributed by atoms with van der Waals surface area (Å²) in [5.41, 5.74) is 2.38. The van der Waals surface area contributed by atoms with Gasteiger partial charge in [0, 0.05) is 6.42 Å². The maximum absolute atomic E-state index is 11.4. The van der Waals surface area contributed by atoms with E-state index < -0.39 is 0 Å². The lowest BCUT2D eigenvalue weighted by Gasteiger charge is -2.09. The van der Waals surface area contributed by atoms with E-state index >= 15 is 0 Å². The third kappa shape index (κ3) is 5.71. The summed E-state index contributed by atoms with van der Waals surface area (Å²) in [6.07, 6.45) is 2.61. The Balaban J connectivity index is 2.23. The largest absolute Gasteiger partial charge is 0.492 e. The van der Waals surface area contributed by atoms with Crippen molar-refractivity contribution < 1.29 is 9.53 Å². The molecule has 1 aromatic carbocycles. The molecule has 0 bridgehead atoms. The number of amides is 1. The summed E-state index contributed by atoms with van der Waals surface area (Å²) in [4.78, 5) is 11.4.